The van der Waals surface area contributed by atoms with Gasteiger partial charge in [0.2, 0.25) is 5.91 Å². The molecule has 118 valence electrons. The van der Waals surface area contributed by atoms with Gasteiger partial charge in [0, 0.05) is 92.6 Å². The van der Waals surface area contributed by atoms with E-state index in [-0.39, 0.29) is 77.4 Å². The molecule has 0 aromatic heterocycles. The molecule has 1 unspecified atom stereocenters. The zero-order chi connectivity index (χ0) is 15.4. The fraction of sp³-hybridized carbons (Fsp3) is 0.357. The van der Waals surface area contributed by atoms with Crippen LogP contribution in [0.2, 0.25) is 0 Å². The molecule has 1 aliphatic rings. The van der Waals surface area contributed by atoms with Gasteiger partial charge in [0.15, 0.2) is 0 Å². The molecule has 1 fully saturated rings. The van der Waals surface area contributed by atoms with Gasteiger partial charge in [-0.2, -0.15) is 30.3 Å². The van der Waals surface area contributed by atoms with Gasteiger partial charge in [0.25, 0.3) is 0 Å². The molecule has 1 atom stereocenters. The normalized spacial score (nSPS) is 14.4. The molecule has 1 heterocycles. The van der Waals surface area contributed by atoms with Crippen molar-refractivity contribution in [1.82, 2.24) is 20.4 Å². The molecule has 0 bridgehead atoms. The Kier molecular flexibility index (Phi) is 10.3. The second kappa shape index (κ2) is 10.5. The summed E-state index contributed by atoms with van der Waals surface area (Å²) < 4.78 is 0. The van der Waals surface area contributed by atoms with E-state index in [1.807, 2.05) is 0 Å². The van der Waals surface area contributed by atoms with E-state index in [0.717, 1.165) is 4.90 Å². The van der Waals surface area contributed by atoms with Gasteiger partial charge in [0.05, 0.1) is 0 Å². The van der Waals surface area contributed by atoms with Gasteiger partial charge in [-0.05, 0) is 0 Å². The van der Waals surface area contributed by atoms with Gasteiger partial charge in [-0.15, -0.1) is 5.56 Å². The van der Waals surface area contributed by atoms with Crippen molar-refractivity contribution in [1.29, 1.82) is 0 Å². The molecule has 2 rings (SSSR count). The maximum Gasteiger partial charge on any atom is 0.328 e. The molecule has 1 aliphatic heterocycles. The number of benzene rings is 1. The Hall–Kier alpha value is -0.362. The summed E-state index contributed by atoms with van der Waals surface area (Å²) >= 11 is 0. The fourth-order valence-corrected chi connectivity index (χ4v) is 2.07. The van der Waals surface area contributed by atoms with Gasteiger partial charge in [-0.3, -0.25) is 4.79 Å². The zero-order valence-corrected chi connectivity index (χ0v) is 18.8. The number of hydrogen-bond acceptors (Lipinski definition) is 3. The van der Waals surface area contributed by atoms with Crippen molar-refractivity contribution in [3.8, 4) is 0 Å². The molecule has 23 heavy (non-hydrogen) atoms. The number of urea groups is 2. The summed E-state index contributed by atoms with van der Waals surface area (Å²) in [6.45, 7) is 0.793. The zero-order valence-electron chi connectivity index (χ0n) is 13.1. The number of imide groups is 1. The molecule has 1 aromatic rings. The molecule has 0 aliphatic carbocycles. The molecule has 0 spiro atoms. The number of amides is 5. The molecule has 2 radical (unpaired) electrons. The van der Waals surface area contributed by atoms with Crippen LogP contribution in [0.1, 0.15) is 11.6 Å². The molecular formula is C14H17N4O3Y2-. The Labute approximate surface area is 185 Å². The molecule has 7 nitrogen and oxygen atoms in total. The predicted octanol–water partition coefficient (Wildman–Crippen LogP) is 0.346. The van der Waals surface area contributed by atoms with E-state index in [4.69, 9.17) is 0 Å². The molecule has 9 heteroatoms. The van der Waals surface area contributed by atoms with Crippen molar-refractivity contribution < 1.29 is 79.8 Å². The van der Waals surface area contributed by atoms with E-state index in [1.54, 1.807) is 31.3 Å². The molecule has 2 N–H and O–H groups in total. The van der Waals surface area contributed by atoms with E-state index in [0.29, 0.717) is 18.7 Å². The van der Waals surface area contributed by atoms with E-state index in [9.17, 15) is 14.4 Å². The minimum Gasteiger partial charge on any atom is -0.357 e. The number of nitrogens with zero attached hydrogens (tertiary/aromatic N) is 2. The number of carbonyl (C=O) groups is 3. The first kappa shape index (κ1) is 22.6. The molecule has 1 aromatic carbocycles. The van der Waals surface area contributed by atoms with Crippen LogP contribution in [0.25, 0.3) is 0 Å². The summed E-state index contributed by atoms with van der Waals surface area (Å²) in [7, 11) is 3.12. The first-order valence-corrected chi connectivity index (χ1v) is 6.55. The number of carbonyl (C=O) groups excluding carboxylic acids is 3. The van der Waals surface area contributed by atoms with Crippen molar-refractivity contribution >= 4 is 18.0 Å². The Balaban J connectivity index is 0.00000242. The van der Waals surface area contributed by atoms with E-state index < -0.39 is 12.1 Å². The first-order valence-electron chi connectivity index (χ1n) is 6.55. The van der Waals surface area contributed by atoms with Crippen molar-refractivity contribution in [3.05, 3.63) is 35.9 Å². The molecular weight excluding hydrogens is 450 g/mol. The quantitative estimate of drug-likeness (QED) is 0.630. The molecule has 1 saturated heterocycles. The second-order valence-electron chi connectivity index (χ2n) is 4.69. The van der Waals surface area contributed by atoms with Crippen LogP contribution in [0.15, 0.2) is 24.3 Å². The van der Waals surface area contributed by atoms with E-state index in [1.165, 1.54) is 11.9 Å². The van der Waals surface area contributed by atoms with Gasteiger partial charge < -0.3 is 15.5 Å². The van der Waals surface area contributed by atoms with Crippen LogP contribution in [-0.4, -0.2) is 55.0 Å². The average molecular weight is 467 g/mol. The van der Waals surface area contributed by atoms with Crippen LogP contribution in [-0.2, 0) is 70.2 Å². The minimum absolute atomic E-state index is 0. The van der Waals surface area contributed by atoms with Gasteiger partial charge >= 0.3 is 12.1 Å². The Morgan fingerprint density at radius 1 is 1.22 bits per heavy atom. The topological polar surface area (TPSA) is 81.8 Å². The summed E-state index contributed by atoms with van der Waals surface area (Å²) in [4.78, 5) is 38.5. The Morgan fingerprint density at radius 2 is 1.83 bits per heavy atom. The maximum absolute atomic E-state index is 12.2. The van der Waals surface area contributed by atoms with E-state index in [2.05, 4.69) is 16.7 Å². The summed E-state index contributed by atoms with van der Waals surface area (Å²) in [6.07, 6.45) is 0. The van der Waals surface area contributed by atoms with Crippen LogP contribution < -0.4 is 10.6 Å². The number of rotatable bonds is 3. The van der Waals surface area contributed by atoms with Crippen LogP contribution in [0.5, 0.6) is 0 Å². The van der Waals surface area contributed by atoms with Crippen LogP contribution in [0.4, 0.5) is 9.59 Å². The van der Waals surface area contributed by atoms with Crippen molar-refractivity contribution in [2.45, 2.75) is 6.04 Å². The predicted molar refractivity (Wildman–Crippen MR) is 75.3 cm³/mol. The third-order valence-electron chi connectivity index (χ3n) is 3.32. The number of hydrogen-bond donors (Lipinski definition) is 2. The third kappa shape index (κ3) is 5.59. The summed E-state index contributed by atoms with van der Waals surface area (Å²) in [5.41, 5.74) is 0.626. The number of nitrogens with one attached hydrogen (secondary N) is 2. The van der Waals surface area contributed by atoms with E-state index >= 15 is 0 Å². The maximum atomic E-state index is 12.2. The van der Waals surface area contributed by atoms with Crippen LogP contribution in [0.3, 0.4) is 0 Å². The fourth-order valence-electron chi connectivity index (χ4n) is 2.07. The second-order valence-corrected chi connectivity index (χ2v) is 4.69. The smallest absolute Gasteiger partial charge is 0.328 e. The Morgan fingerprint density at radius 3 is 2.30 bits per heavy atom. The third-order valence-corrected chi connectivity index (χ3v) is 3.32. The largest absolute Gasteiger partial charge is 0.357 e. The Bertz CT molecular complexity index is 556. The van der Waals surface area contributed by atoms with Crippen molar-refractivity contribution in [2.75, 3.05) is 27.2 Å². The first-order chi connectivity index (χ1) is 10.0. The summed E-state index contributed by atoms with van der Waals surface area (Å²) in [5.74, 6) is -0.352. The summed E-state index contributed by atoms with van der Waals surface area (Å²) in [5, 5.41) is 5.09. The summed E-state index contributed by atoms with van der Waals surface area (Å²) in [6, 6.07) is 7.75. The van der Waals surface area contributed by atoms with Crippen LogP contribution in [0, 0.1) is 6.07 Å². The minimum atomic E-state index is -0.851. The van der Waals surface area contributed by atoms with Gasteiger partial charge in [-0.25, -0.2) is 14.5 Å². The SMILES string of the molecule is CNC(=O)C(NC(=O)N1CCN(C)C1=O)c1cc[c-]cc1.[Y].[Y]. The van der Waals surface area contributed by atoms with Crippen LogP contribution >= 0.6 is 0 Å². The van der Waals surface area contributed by atoms with Gasteiger partial charge in [0.1, 0.15) is 6.04 Å². The van der Waals surface area contributed by atoms with Gasteiger partial charge in [-0.1, -0.05) is 0 Å². The van der Waals surface area contributed by atoms with Crippen molar-refractivity contribution in [3.63, 3.8) is 0 Å². The number of likely N-dealkylation sites (N-methyl/N-ethyl adjacent to an activating group) is 2. The molecule has 5 amide bonds. The monoisotopic (exact) mass is 467 g/mol. The standard InChI is InChI=1S/C14H17N4O3.2Y/c1-15-12(19)11(10-6-4-3-5-7-10)16-13(20)18-9-8-17(2)14(18)21;;/h4-7,11H,8-9H2,1-2H3,(H,15,19)(H,16,20);;/q-1;;. The molecule has 0 saturated carbocycles. The average Bonchev–Trinajstić information content (AvgIpc) is 2.84. The van der Waals surface area contributed by atoms with Crippen molar-refractivity contribution in [2.24, 2.45) is 0 Å².